The summed E-state index contributed by atoms with van der Waals surface area (Å²) in [6.45, 7) is 8.68. The Kier molecular flexibility index (Phi) is 3.42. The third-order valence-corrected chi connectivity index (χ3v) is 3.80. The maximum absolute atomic E-state index is 4.72. The van der Waals surface area contributed by atoms with Crippen LogP contribution in [-0.4, -0.2) is 36.1 Å². The minimum absolute atomic E-state index is 0.554. The Morgan fingerprint density at radius 3 is 2.95 bits per heavy atom. The second kappa shape index (κ2) is 5.21. The number of nitrogens with zero attached hydrogens (tertiary/aromatic N) is 2. The van der Waals surface area contributed by atoms with Gasteiger partial charge in [0.25, 0.3) is 0 Å². The first-order valence-corrected chi connectivity index (χ1v) is 7.19. The Bertz CT molecular complexity index is 550. The van der Waals surface area contributed by atoms with E-state index < -0.39 is 0 Å². The zero-order valence-corrected chi connectivity index (χ0v) is 11.7. The van der Waals surface area contributed by atoms with Crippen molar-refractivity contribution in [1.29, 1.82) is 0 Å². The van der Waals surface area contributed by atoms with Gasteiger partial charge in [-0.25, -0.2) is 4.98 Å². The predicted molar refractivity (Wildman–Crippen MR) is 79.9 cm³/mol. The lowest BCUT2D eigenvalue weighted by Crippen LogP contribution is -2.28. The molecule has 2 heterocycles. The molecule has 0 amide bonds. The molecule has 0 spiro atoms. The van der Waals surface area contributed by atoms with E-state index in [1.807, 2.05) is 0 Å². The van der Waals surface area contributed by atoms with Crippen molar-refractivity contribution in [3.63, 3.8) is 0 Å². The number of hydrogen-bond acceptors (Lipinski definition) is 3. The summed E-state index contributed by atoms with van der Waals surface area (Å²) in [6.07, 6.45) is 1.17. The summed E-state index contributed by atoms with van der Waals surface area (Å²) >= 11 is 0. The number of H-pyrrole nitrogens is 1. The van der Waals surface area contributed by atoms with E-state index in [-0.39, 0.29) is 0 Å². The molecule has 4 nitrogen and oxygen atoms in total. The highest BCUT2D eigenvalue weighted by Crippen LogP contribution is 2.22. The number of benzene rings is 1. The smallest absolute Gasteiger partial charge is 0.203 e. The summed E-state index contributed by atoms with van der Waals surface area (Å²) in [5.41, 5.74) is 3.58. The van der Waals surface area contributed by atoms with E-state index in [2.05, 4.69) is 47.2 Å². The van der Waals surface area contributed by atoms with E-state index in [4.69, 9.17) is 4.98 Å². The highest BCUT2D eigenvalue weighted by atomic mass is 15.3. The molecule has 1 aromatic heterocycles. The zero-order chi connectivity index (χ0) is 13.2. The van der Waals surface area contributed by atoms with Crippen LogP contribution in [0.1, 0.15) is 31.7 Å². The largest absolute Gasteiger partial charge is 0.341 e. The van der Waals surface area contributed by atoms with Crippen molar-refractivity contribution in [3.8, 4) is 0 Å². The van der Waals surface area contributed by atoms with Crippen LogP contribution in [-0.2, 0) is 0 Å². The van der Waals surface area contributed by atoms with Gasteiger partial charge in [-0.1, -0.05) is 19.9 Å². The monoisotopic (exact) mass is 258 g/mol. The fraction of sp³-hybridized carbons (Fsp3) is 0.533. The summed E-state index contributed by atoms with van der Waals surface area (Å²) in [5.74, 6) is 1.57. The van der Waals surface area contributed by atoms with Crippen LogP contribution >= 0.6 is 0 Å². The minimum atomic E-state index is 0.554. The van der Waals surface area contributed by atoms with Crippen LogP contribution in [0.4, 0.5) is 5.95 Å². The van der Waals surface area contributed by atoms with Gasteiger partial charge >= 0.3 is 0 Å². The number of anilines is 1. The molecule has 0 aliphatic carbocycles. The van der Waals surface area contributed by atoms with Crippen LogP contribution in [0.15, 0.2) is 18.2 Å². The molecule has 1 aliphatic heterocycles. The van der Waals surface area contributed by atoms with Crippen LogP contribution in [0.25, 0.3) is 11.0 Å². The molecule has 3 rings (SSSR count). The molecule has 102 valence electrons. The lowest BCUT2D eigenvalue weighted by Gasteiger charge is -2.18. The first-order valence-electron chi connectivity index (χ1n) is 7.19. The van der Waals surface area contributed by atoms with Gasteiger partial charge in [0.1, 0.15) is 0 Å². The first kappa shape index (κ1) is 12.5. The summed E-state index contributed by atoms with van der Waals surface area (Å²) in [4.78, 5) is 10.5. The summed E-state index contributed by atoms with van der Waals surface area (Å²) in [5, 5.41) is 3.42. The van der Waals surface area contributed by atoms with Crippen LogP contribution < -0.4 is 10.2 Å². The van der Waals surface area contributed by atoms with E-state index in [1.165, 1.54) is 12.0 Å². The van der Waals surface area contributed by atoms with Crippen LogP contribution in [0.2, 0.25) is 0 Å². The number of aromatic nitrogens is 2. The molecule has 1 aliphatic rings. The highest BCUT2D eigenvalue weighted by molar-refractivity contribution is 5.78. The van der Waals surface area contributed by atoms with Crippen molar-refractivity contribution in [2.75, 3.05) is 31.1 Å². The first-order chi connectivity index (χ1) is 9.24. The molecule has 2 N–H and O–H groups in total. The van der Waals surface area contributed by atoms with Crippen molar-refractivity contribution >= 4 is 17.0 Å². The van der Waals surface area contributed by atoms with Gasteiger partial charge in [0.05, 0.1) is 11.0 Å². The van der Waals surface area contributed by atoms with Gasteiger partial charge in [-0.2, -0.15) is 0 Å². The van der Waals surface area contributed by atoms with Crippen LogP contribution in [0, 0.1) is 0 Å². The van der Waals surface area contributed by atoms with Gasteiger partial charge in [0.15, 0.2) is 0 Å². The fourth-order valence-corrected chi connectivity index (χ4v) is 2.58. The van der Waals surface area contributed by atoms with E-state index in [9.17, 15) is 0 Å². The molecule has 0 unspecified atom stereocenters. The van der Waals surface area contributed by atoms with Crippen molar-refractivity contribution in [2.24, 2.45) is 0 Å². The molecule has 2 aromatic rings. The number of fused-ring (bicyclic) bond motifs is 1. The standard InChI is InChI=1S/C15H22N4/c1-11(2)12-4-5-13-14(10-12)18-15(17-13)19-8-3-6-16-7-9-19/h4-5,10-11,16H,3,6-9H2,1-2H3,(H,17,18). The van der Waals surface area contributed by atoms with Gasteiger partial charge in [-0.15, -0.1) is 0 Å². The van der Waals surface area contributed by atoms with Gasteiger partial charge < -0.3 is 15.2 Å². The maximum atomic E-state index is 4.72. The van der Waals surface area contributed by atoms with Crippen molar-refractivity contribution in [1.82, 2.24) is 15.3 Å². The van der Waals surface area contributed by atoms with Gasteiger partial charge in [-0.3, -0.25) is 0 Å². The van der Waals surface area contributed by atoms with E-state index in [1.54, 1.807) is 0 Å². The molecule has 1 saturated heterocycles. The van der Waals surface area contributed by atoms with Crippen molar-refractivity contribution in [2.45, 2.75) is 26.2 Å². The fourth-order valence-electron chi connectivity index (χ4n) is 2.58. The van der Waals surface area contributed by atoms with Crippen LogP contribution in [0.5, 0.6) is 0 Å². The molecule has 19 heavy (non-hydrogen) atoms. The second-order valence-corrected chi connectivity index (χ2v) is 5.58. The number of hydrogen-bond donors (Lipinski definition) is 2. The summed E-state index contributed by atoms with van der Waals surface area (Å²) < 4.78 is 0. The summed E-state index contributed by atoms with van der Waals surface area (Å²) in [7, 11) is 0. The molecular formula is C15H22N4. The molecule has 0 radical (unpaired) electrons. The average molecular weight is 258 g/mol. The predicted octanol–water partition coefficient (Wildman–Crippen LogP) is 2.49. The Hall–Kier alpha value is -1.55. The van der Waals surface area contributed by atoms with E-state index >= 15 is 0 Å². The van der Waals surface area contributed by atoms with Gasteiger partial charge in [0, 0.05) is 19.6 Å². The lowest BCUT2D eigenvalue weighted by molar-refractivity contribution is 0.724. The molecule has 0 saturated carbocycles. The third-order valence-electron chi connectivity index (χ3n) is 3.80. The Morgan fingerprint density at radius 1 is 1.21 bits per heavy atom. The Balaban J connectivity index is 1.92. The molecule has 1 aromatic carbocycles. The number of imidazole rings is 1. The van der Waals surface area contributed by atoms with Gasteiger partial charge in [0.2, 0.25) is 5.95 Å². The lowest BCUT2D eigenvalue weighted by atomic mass is 10.0. The molecular weight excluding hydrogens is 236 g/mol. The number of aromatic amines is 1. The van der Waals surface area contributed by atoms with Crippen molar-refractivity contribution in [3.05, 3.63) is 23.8 Å². The molecule has 4 heteroatoms. The van der Waals surface area contributed by atoms with E-state index in [0.717, 1.165) is 43.2 Å². The average Bonchev–Trinajstić information content (AvgIpc) is 2.64. The molecule has 1 fully saturated rings. The molecule has 0 bridgehead atoms. The minimum Gasteiger partial charge on any atom is -0.341 e. The van der Waals surface area contributed by atoms with E-state index in [0.29, 0.717) is 5.92 Å². The van der Waals surface area contributed by atoms with Crippen molar-refractivity contribution < 1.29 is 0 Å². The Labute approximate surface area is 114 Å². The molecule has 0 atom stereocenters. The highest BCUT2D eigenvalue weighted by Gasteiger charge is 2.13. The zero-order valence-electron chi connectivity index (χ0n) is 11.7. The maximum Gasteiger partial charge on any atom is 0.203 e. The third kappa shape index (κ3) is 2.59. The van der Waals surface area contributed by atoms with Gasteiger partial charge in [-0.05, 0) is 36.6 Å². The number of rotatable bonds is 2. The normalized spacial score (nSPS) is 17.1. The van der Waals surface area contributed by atoms with Crippen LogP contribution in [0.3, 0.4) is 0 Å². The summed E-state index contributed by atoms with van der Waals surface area (Å²) in [6, 6.07) is 6.54. The second-order valence-electron chi connectivity index (χ2n) is 5.58. The number of nitrogens with one attached hydrogen (secondary N) is 2. The Morgan fingerprint density at radius 2 is 2.11 bits per heavy atom. The quantitative estimate of drug-likeness (QED) is 0.870. The SMILES string of the molecule is CC(C)c1ccc2nc(N3CCCNCC3)[nH]c2c1. The topological polar surface area (TPSA) is 44.0 Å².